The lowest BCUT2D eigenvalue weighted by Gasteiger charge is -2.35. The Morgan fingerprint density at radius 2 is 1.87 bits per heavy atom. The molecular formula is C22H27N7O2. The smallest absolute Gasteiger partial charge is 0.162 e. The van der Waals surface area contributed by atoms with E-state index in [1.165, 1.54) is 0 Å². The van der Waals surface area contributed by atoms with Crippen LogP contribution < -0.4 is 9.80 Å². The van der Waals surface area contributed by atoms with Crippen LogP contribution >= 0.6 is 0 Å². The fourth-order valence-corrected chi connectivity index (χ4v) is 4.48. The Bertz CT molecular complexity index is 1040. The summed E-state index contributed by atoms with van der Waals surface area (Å²) in [5, 5.41) is 32.9. The van der Waals surface area contributed by atoms with E-state index in [0.29, 0.717) is 12.2 Å². The van der Waals surface area contributed by atoms with Gasteiger partial charge in [-0.25, -0.2) is 0 Å². The van der Waals surface area contributed by atoms with Crippen LogP contribution in [0.1, 0.15) is 30.3 Å². The summed E-state index contributed by atoms with van der Waals surface area (Å²) < 4.78 is 5.46. The number of fused-ring (bicyclic) bond motifs is 1. The van der Waals surface area contributed by atoms with Crippen molar-refractivity contribution in [3.63, 3.8) is 0 Å². The summed E-state index contributed by atoms with van der Waals surface area (Å²) >= 11 is 0. The second kappa shape index (κ2) is 8.68. The van der Waals surface area contributed by atoms with Crippen LogP contribution in [0.5, 0.6) is 0 Å². The van der Waals surface area contributed by atoms with Crippen molar-refractivity contribution in [2.75, 3.05) is 49.2 Å². The number of nitrogens with zero attached hydrogens (tertiary/aromatic N) is 7. The first-order chi connectivity index (χ1) is 15.2. The monoisotopic (exact) mass is 421 g/mol. The lowest BCUT2D eigenvalue weighted by molar-refractivity contribution is 0.0932. The first-order valence-electron chi connectivity index (χ1n) is 10.9. The molecule has 1 N–H and O–H groups in total. The number of aliphatic hydroxyl groups is 1. The Balaban J connectivity index is 1.38. The Labute approximate surface area is 181 Å². The van der Waals surface area contributed by atoms with Gasteiger partial charge in [0, 0.05) is 43.2 Å². The zero-order valence-corrected chi connectivity index (χ0v) is 17.7. The average Bonchev–Trinajstić information content (AvgIpc) is 2.84. The van der Waals surface area contributed by atoms with Gasteiger partial charge >= 0.3 is 0 Å². The summed E-state index contributed by atoms with van der Waals surface area (Å²) in [7, 11) is 0. The Morgan fingerprint density at radius 3 is 2.68 bits per heavy atom. The minimum atomic E-state index is -0.648. The van der Waals surface area contributed by atoms with Gasteiger partial charge < -0.3 is 19.6 Å². The van der Waals surface area contributed by atoms with Gasteiger partial charge in [0.2, 0.25) is 0 Å². The van der Waals surface area contributed by atoms with E-state index >= 15 is 0 Å². The van der Waals surface area contributed by atoms with Crippen molar-refractivity contribution in [3.05, 3.63) is 41.7 Å². The van der Waals surface area contributed by atoms with E-state index in [4.69, 9.17) is 4.74 Å². The lowest BCUT2D eigenvalue weighted by atomic mass is 9.90. The summed E-state index contributed by atoms with van der Waals surface area (Å²) in [5.41, 5.74) is 3.43. The van der Waals surface area contributed by atoms with Gasteiger partial charge in [0.25, 0.3) is 0 Å². The fraction of sp³-hybridized carbons (Fsp3) is 0.500. The predicted molar refractivity (Wildman–Crippen MR) is 117 cm³/mol. The van der Waals surface area contributed by atoms with Crippen molar-refractivity contribution in [2.24, 2.45) is 5.92 Å². The molecule has 2 aromatic heterocycles. The molecule has 9 heteroatoms. The number of aliphatic hydroxyl groups excluding tert-OH is 1. The molecule has 2 unspecified atom stereocenters. The standard InChI is InChI=1S/C22H27N7O2/c1-15-4-7-19(24-23-15)21(30)16-3-2-8-29(14-16)22-18-6-5-17(13-20(18)25-27-26-22)28-9-11-31-12-10-28/h4-7,13,16,21,30H,2-3,8-12,14H2,1H3. The molecule has 0 saturated carbocycles. The normalized spacial score (nSPS) is 20.8. The number of aryl methyl sites for hydroxylation is 1. The molecule has 2 aliphatic rings. The van der Waals surface area contributed by atoms with Gasteiger partial charge in [0.1, 0.15) is 11.6 Å². The van der Waals surface area contributed by atoms with E-state index in [1.807, 2.05) is 19.1 Å². The summed E-state index contributed by atoms with van der Waals surface area (Å²) in [6, 6.07) is 10.0. The number of benzene rings is 1. The van der Waals surface area contributed by atoms with Gasteiger partial charge in [0.05, 0.1) is 24.6 Å². The molecule has 1 aromatic carbocycles. The second-order valence-corrected chi connectivity index (χ2v) is 8.31. The lowest BCUT2D eigenvalue weighted by Crippen LogP contribution is -2.39. The van der Waals surface area contributed by atoms with Crippen molar-refractivity contribution in [3.8, 4) is 0 Å². The highest BCUT2D eigenvalue weighted by atomic mass is 16.5. The minimum absolute atomic E-state index is 0.0587. The molecule has 31 heavy (non-hydrogen) atoms. The van der Waals surface area contributed by atoms with Crippen LogP contribution in [0, 0.1) is 12.8 Å². The van der Waals surface area contributed by atoms with E-state index in [2.05, 4.69) is 53.6 Å². The molecule has 0 amide bonds. The van der Waals surface area contributed by atoms with Gasteiger partial charge in [-0.15, -0.1) is 10.2 Å². The quantitative estimate of drug-likeness (QED) is 0.677. The van der Waals surface area contributed by atoms with Crippen LogP contribution in [-0.2, 0) is 4.74 Å². The Hall–Kier alpha value is -2.91. The predicted octanol–water partition coefficient (Wildman–Crippen LogP) is 1.91. The molecule has 2 saturated heterocycles. The van der Waals surface area contributed by atoms with Crippen molar-refractivity contribution in [2.45, 2.75) is 25.9 Å². The molecule has 0 spiro atoms. The fourth-order valence-electron chi connectivity index (χ4n) is 4.48. The molecular weight excluding hydrogens is 394 g/mol. The topological polar surface area (TPSA) is 100 Å². The third kappa shape index (κ3) is 4.15. The van der Waals surface area contributed by atoms with E-state index in [1.54, 1.807) is 0 Å². The van der Waals surface area contributed by atoms with Gasteiger partial charge in [-0.05, 0) is 55.3 Å². The van der Waals surface area contributed by atoms with Gasteiger partial charge in [-0.3, -0.25) is 0 Å². The highest BCUT2D eigenvalue weighted by molar-refractivity contribution is 5.91. The van der Waals surface area contributed by atoms with E-state index < -0.39 is 6.10 Å². The molecule has 5 rings (SSSR count). The summed E-state index contributed by atoms with van der Waals surface area (Å²) in [6.07, 6.45) is 1.26. The summed E-state index contributed by atoms with van der Waals surface area (Å²) in [5.74, 6) is 0.883. The second-order valence-electron chi connectivity index (χ2n) is 8.31. The summed E-state index contributed by atoms with van der Waals surface area (Å²) in [6.45, 7) is 6.71. The largest absolute Gasteiger partial charge is 0.386 e. The van der Waals surface area contributed by atoms with Crippen LogP contribution in [-0.4, -0.2) is 70.1 Å². The molecule has 0 radical (unpaired) electrons. The first-order valence-corrected chi connectivity index (χ1v) is 10.9. The molecule has 3 aromatic rings. The van der Waals surface area contributed by atoms with Crippen LogP contribution in [0.3, 0.4) is 0 Å². The van der Waals surface area contributed by atoms with Gasteiger partial charge in [0.15, 0.2) is 5.82 Å². The number of hydrogen-bond acceptors (Lipinski definition) is 9. The van der Waals surface area contributed by atoms with Crippen molar-refractivity contribution >= 4 is 22.4 Å². The molecule has 9 nitrogen and oxygen atoms in total. The molecule has 2 aliphatic heterocycles. The molecule has 0 aliphatic carbocycles. The molecule has 0 bridgehead atoms. The van der Waals surface area contributed by atoms with Crippen LogP contribution in [0.2, 0.25) is 0 Å². The van der Waals surface area contributed by atoms with Gasteiger partial charge in [-0.1, -0.05) is 0 Å². The Morgan fingerprint density at radius 1 is 1.00 bits per heavy atom. The third-order valence-corrected chi connectivity index (χ3v) is 6.22. The molecule has 4 heterocycles. The first kappa shape index (κ1) is 20.0. The SMILES string of the molecule is Cc1ccc(C(O)C2CCCN(c3nnnc4cc(N5CCOCC5)ccc34)C2)nn1. The third-order valence-electron chi connectivity index (χ3n) is 6.22. The maximum absolute atomic E-state index is 10.9. The number of ether oxygens (including phenoxy) is 1. The number of aromatic nitrogens is 5. The van der Waals surface area contributed by atoms with Crippen LogP contribution in [0.25, 0.3) is 10.9 Å². The number of piperidine rings is 1. The zero-order chi connectivity index (χ0) is 21.2. The zero-order valence-electron chi connectivity index (χ0n) is 17.7. The van der Waals surface area contributed by atoms with E-state index in [0.717, 1.165) is 73.8 Å². The Kier molecular flexibility index (Phi) is 5.61. The number of hydrogen-bond donors (Lipinski definition) is 1. The molecule has 2 fully saturated rings. The molecule has 2 atom stereocenters. The number of anilines is 2. The maximum Gasteiger partial charge on any atom is 0.162 e. The van der Waals surface area contributed by atoms with Crippen LogP contribution in [0.4, 0.5) is 11.5 Å². The van der Waals surface area contributed by atoms with Crippen molar-refractivity contribution in [1.82, 2.24) is 25.6 Å². The van der Waals surface area contributed by atoms with Crippen molar-refractivity contribution in [1.29, 1.82) is 0 Å². The maximum atomic E-state index is 10.9. The minimum Gasteiger partial charge on any atom is -0.386 e. The van der Waals surface area contributed by atoms with Crippen LogP contribution in [0.15, 0.2) is 30.3 Å². The number of morpholine rings is 1. The highest BCUT2D eigenvalue weighted by Crippen LogP contribution is 2.33. The van der Waals surface area contributed by atoms with Gasteiger partial charge in [-0.2, -0.15) is 10.2 Å². The number of rotatable bonds is 4. The van der Waals surface area contributed by atoms with Crippen molar-refractivity contribution < 1.29 is 9.84 Å². The highest BCUT2D eigenvalue weighted by Gasteiger charge is 2.29. The summed E-state index contributed by atoms with van der Waals surface area (Å²) in [4.78, 5) is 4.52. The molecule has 162 valence electrons. The average molecular weight is 422 g/mol. The van der Waals surface area contributed by atoms with E-state index in [9.17, 15) is 5.11 Å². The van der Waals surface area contributed by atoms with E-state index in [-0.39, 0.29) is 5.92 Å².